The highest BCUT2D eigenvalue weighted by Crippen LogP contribution is 2.23. The van der Waals surface area contributed by atoms with Gasteiger partial charge < -0.3 is 9.15 Å². The van der Waals surface area contributed by atoms with E-state index < -0.39 is 0 Å². The van der Waals surface area contributed by atoms with Gasteiger partial charge in [0.15, 0.2) is 0 Å². The van der Waals surface area contributed by atoms with Crippen molar-refractivity contribution in [2.75, 3.05) is 32.8 Å². The maximum atomic E-state index is 12.3. The second-order valence-electron chi connectivity index (χ2n) is 6.32. The van der Waals surface area contributed by atoms with Gasteiger partial charge in [-0.3, -0.25) is 4.90 Å². The zero-order valence-corrected chi connectivity index (χ0v) is 13.7. The Labute approximate surface area is 140 Å². The fourth-order valence-corrected chi connectivity index (χ4v) is 3.42. The predicted octanol–water partition coefficient (Wildman–Crippen LogP) is 3.21. The van der Waals surface area contributed by atoms with Crippen molar-refractivity contribution in [2.45, 2.75) is 12.8 Å². The first-order chi connectivity index (χ1) is 11.8. The molecule has 0 atom stereocenters. The van der Waals surface area contributed by atoms with Crippen molar-refractivity contribution in [2.24, 2.45) is 0 Å². The highest BCUT2D eigenvalue weighted by molar-refractivity contribution is 6.04. The minimum absolute atomic E-state index is 0.251. The van der Waals surface area contributed by atoms with E-state index in [1.165, 1.54) is 5.56 Å². The second-order valence-corrected chi connectivity index (χ2v) is 6.32. The number of hydrogen-bond donors (Lipinski definition) is 0. The third kappa shape index (κ3) is 3.07. The highest BCUT2D eigenvalue weighted by Gasteiger charge is 2.10. The maximum absolute atomic E-state index is 12.3. The van der Waals surface area contributed by atoms with Gasteiger partial charge in [0, 0.05) is 18.5 Å². The molecule has 1 saturated heterocycles. The molecule has 3 aromatic rings. The molecule has 0 radical (unpaired) electrons. The van der Waals surface area contributed by atoms with E-state index in [9.17, 15) is 4.79 Å². The fraction of sp³-hybridized carbons (Fsp3) is 0.350. The first kappa shape index (κ1) is 15.4. The molecule has 24 heavy (non-hydrogen) atoms. The lowest BCUT2D eigenvalue weighted by Gasteiger charge is -2.26. The Bertz CT molecular complexity index is 910. The molecule has 1 aromatic heterocycles. The third-order valence-electron chi connectivity index (χ3n) is 4.73. The summed E-state index contributed by atoms with van der Waals surface area (Å²) in [6.07, 6.45) is 2.06. The number of rotatable bonds is 4. The number of benzene rings is 2. The largest absolute Gasteiger partial charge is 0.422 e. The van der Waals surface area contributed by atoms with Crippen molar-refractivity contribution in [3.63, 3.8) is 0 Å². The van der Waals surface area contributed by atoms with Gasteiger partial charge in [0.2, 0.25) is 0 Å². The van der Waals surface area contributed by atoms with Crippen LogP contribution in [0.5, 0.6) is 0 Å². The van der Waals surface area contributed by atoms with Crippen LogP contribution in [0.15, 0.2) is 51.7 Å². The standard InChI is InChI=1S/C20H21NO3/c22-20-18-14-15(4-3-9-21-10-12-23-13-11-21)7-8-16(18)17-5-1-2-6-19(17)24-20/h1-2,5-8,14H,3-4,9-13H2. The lowest BCUT2D eigenvalue weighted by atomic mass is 10.0. The molecule has 0 unspecified atom stereocenters. The van der Waals surface area contributed by atoms with Crippen LogP contribution in [-0.2, 0) is 11.2 Å². The number of ether oxygens (including phenoxy) is 1. The molecule has 1 aliphatic heterocycles. The molecule has 0 aliphatic carbocycles. The van der Waals surface area contributed by atoms with E-state index in [0.29, 0.717) is 11.0 Å². The average Bonchev–Trinajstić information content (AvgIpc) is 2.63. The molecule has 1 aliphatic rings. The third-order valence-corrected chi connectivity index (χ3v) is 4.73. The van der Waals surface area contributed by atoms with E-state index in [1.807, 2.05) is 30.3 Å². The van der Waals surface area contributed by atoms with E-state index in [4.69, 9.17) is 9.15 Å². The SMILES string of the molecule is O=c1oc2ccccc2c2ccc(CCCN3CCOCC3)cc12. The van der Waals surface area contributed by atoms with Crippen LogP contribution >= 0.6 is 0 Å². The Morgan fingerprint density at radius 1 is 0.958 bits per heavy atom. The molecule has 4 rings (SSSR count). The van der Waals surface area contributed by atoms with Crippen molar-refractivity contribution in [1.29, 1.82) is 0 Å². The quantitative estimate of drug-likeness (QED) is 0.546. The van der Waals surface area contributed by atoms with Crippen LogP contribution in [0.2, 0.25) is 0 Å². The summed E-state index contributed by atoms with van der Waals surface area (Å²) >= 11 is 0. The molecule has 0 saturated carbocycles. The lowest BCUT2D eigenvalue weighted by molar-refractivity contribution is 0.0375. The average molecular weight is 323 g/mol. The highest BCUT2D eigenvalue weighted by atomic mass is 16.5. The summed E-state index contributed by atoms with van der Waals surface area (Å²) < 4.78 is 10.8. The Morgan fingerprint density at radius 3 is 2.67 bits per heavy atom. The van der Waals surface area contributed by atoms with E-state index in [-0.39, 0.29) is 5.63 Å². The van der Waals surface area contributed by atoms with Crippen LogP contribution in [0.25, 0.3) is 21.7 Å². The number of nitrogens with zero attached hydrogens (tertiary/aromatic N) is 1. The van der Waals surface area contributed by atoms with Gasteiger partial charge in [-0.25, -0.2) is 4.79 Å². The van der Waals surface area contributed by atoms with Crippen LogP contribution in [0.3, 0.4) is 0 Å². The molecule has 0 N–H and O–H groups in total. The normalized spacial score (nSPS) is 16.0. The summed E-state index contributed by atoms with van der Waals surface area (Å²) in [6, 6.07) is 13.9. The van der Waals surface area contributed by atoms with Crippen LogP contribution in [0.1, 0.15) is 12.0 Å². The summed E-state index contributed by atoms with van der Waals surface area (Å²) in [6.45, 7) is 4.79. The minimum atomic E-state index is -0.251. The monoisotopic (exact) mass is 323 g/mol. The molecule has 1 fully saturated rings. The van der Waals surface area contributed by atoms with Gasteiger partial charge in [0.1, 0.15) is 5.58 Å². The summed E-state index contributed by atoms with van der Waals surface area (Å²) in [4.78, 5) is 14.7. The van der Waals surface area contributed by atoms with Crippen LogP contribution in [-0.4, -0.2) is 37.7 Å². The number of hydrogen-bond acceptors (Lipinski definition) is 4. The Hall–Kier alpha value is -2.17. The molecule has 2 aromatic carbocycles. The number of para-hydroxylation sites is 1. The van der Waals surface area contributed by atoms with Crippen LogP contribution in [0.4, 0.5) is 0 Å². The Morgan fingerprint density at radius 2 is 1.79 bits per heavy atom. The van der Waals surface area contributed by atoms with Crippen molar-refractivity contribution < 1.29 is 9.15 Å². The molecular formula is C20H21NO3. The predicted molar refractivity (Wildman–Crippen MR) is 95.6 cm³/mol. The van der Waals surface area contributed by atoms with Gasteiger partial charge in [0.05, 0.1) is 18.6 Å². The second kappa shape index (κ2) is 6.75. The minimum Gasteiger partial charge on any atom is -0.422 e. The van der Waals surface area contributed by atoms with Crippen LogP contribution < -0.4 is 5.63 Å². The zero-order chi connectivity index (χ0) is 16.4. The van der Waals surface area contributed by atoms with E-state index in [0.717, 1.165) is 56.5 Å². The molecule has 0 bridgehead atoms. The van der Waals surface area contributed by atoms with E-state index in [1.54, 1.807) is 0 Å². The fourth-order valence-electron chi connectivity index (χ4n) is 3.42. The number of aryl methyl sites for hydroxylation is 1. The van der Waals surface area contributed by atoms with E-state index in [2.05, 4.69) is 17.0 Å². The number of morpholine rings is 1. The summed E-state index contributed by atoms with van der Waals surface area (Å²) in [5.41, 5.74) is 1.59. The van der Waals surface area contributed by atoms with Crippen molar-refractivity contribution in [3.05, 3.63) is 58.4 Å². The summed E-state index contributed by atoms with van der Waals surface area (Å²) in [7, 11) is 0. The zero-order valence-electron chi connectivity index (χ0n) is 13.7. The molecule has 0 amide bonds. The van der Waals surface area contributed by atoms with Gasteiger partial charge in [0.25, 0.3) is 0 Å². The van der Waals surface area contributed by atoms with E-state index >= 15 is 0 Å². The topological polar surface area (TPSA) is 42.7 Å². The van der Waals surface area contributed by atoms with Crippen molar-refractivity contribution in [3.8, 4) is 0 Å². The van der Waals surface area contributed by atoms with Gasteiger partial charge in [-0.1, -0.05) is 30.3 Å². The molecule has 124 valence electrons. The lowest BCUT2D eigenvalue weighted by Crippen LogP contribution is -2.36. The van der Waals surface area contributed by atoms with Gasteiger partial charge >= 0.3 is 5.63 Å². The van der Waals surface area contributed by atoms with Gasteiger partial charge in [-0.2, -0.15) is 0 Å². The summed E-state index contributed by atoms with van der Waals surface area (Å²) in [5, 5.41) is 2.64. The smallest absolute Gasteiger partial charge is 0.344 e. The maximum Gasteiger partial charge on any atom is 0.344 e. The van der Waals surface area contributed by atoms with Crippen molar-refractivity contribution in [1.82, 2.24) is 4.90 Å². The molecule has 0 spiro atoms. The Balaban J connectivity index is 1.55. The summed E-state index contributed by atoms with van der Waals surface area (Å²) in [5.74, 6) is 0. The van der Waals surface area contributed by atoms with Gasteiger partial charge in [-0.05, 0) is 42.5 Å². The molecule has 4 nitrogen and oxygen atoms in total. The first-order valence-electron chi connectivity index (χ1n) is 8.56. The molecule has 2 heterocycles. The molecular weight excluding hydrogens is 302 g/mol. The first-order valence-corrected chi connectivity index (χ1v) is 8.56. The molecule has 4 heteroatoms. The van der Waals surface area contributed by atoms with Crippen LogP contribution in [0, 0.1) is 0 Å². The van der Waals surface area contributed by atoms with Crippen molar-refractivity contribution >= 4 is 21.7 Å². The van der Waals surface area contributed by atoms with Gasteiger partial charge in [-0.15, -0.1) is 0 Å². The Kier molecular flexibility index (Phi) is 4.32. The number of fused-ring (bicyclic) bond motifs is 3.